The third kappa shape index (κ3) is 3.99. The molecule has 2 aromatic rings. The summed E-state index contributed by atoms with van der Waals surface area (Å²) in [6.07, 6.45) is 0. The molecule has 21 heavy (non-hydrogen) atoms. The zero-order valence-electron chi connectivity index (χ0n) is 12.5. The highest BCUT2D eigenvalue weighted by Gasteiger charge is 2.16. The lowest BCUT2D eigenvalue weighted by atomic mass is 10.1. The molecule has 0 fully saturated rings. The molecule has 1 atom stereocenters. The summed E-state index contributed by atoms with van der Waals surface area (Å²) in [7, 11) is 1.67. The lowest BCUT2D eigenvalue weighted by Crippen LogP contribution is -2.19. The predicted molar refractivity (Wildman–Crippen MR) is 85.6 cm³/mol. The third-order valence-corrected chi connectivity index (χ3v) is 4.28. The van der Waals surface area contributed by atoms with Crippen molar-refractivity contribution in [3.8, 4) is 5.75 Å². The van der Waals surface area contributed by atoms with Gasteiger partial charge in [0.1, 0.15) is 11.6 Å². The van der Waals surface area contributed by atoms with Crippen LogP contribution in [0.2, 0.25) is 0 Å². The van der Waals surface area contributed by atoms with Gasteiger partial charge in [-0.1, -0.05) is 30.8 Å². The second-order valence-electron chi connectivity index (χ2n) is 4.71. The molecule has 112 valence electrons. The first-order valence-corrected chi connectivity index (χ1v) is 7.81. The SMILES string of the molecule is CCNC(C)c1c(OC)cccc1Sc1cccc(F)c1. The molecule has 0 aliphatic heterocycles. The fourth-order valence-electron chi connectivity index (χ4n) is 2.28. The predicted octanol–water partition coefficient (Wildman–Crippen LogP) is 4.66. The second kappa shape index (κ2) is 7.48. The first-order chi connectivity index (χ1) is 10.2. The Bertz CT molecular complexity index is 603. The Kier molecular flexibility index (Phi) is 5.65. The van der Waals surface area contributed by atoms with Gasteiger partial charge in [-0.2, -0.15) is 0 Å². The molecule has 0 heterocycles. The van der Waals surface area contributed by atoms with Gasteiger partial charge in [-0.05, 0) is 43.8 Å². The number of hydrogen-bond donors (Lipinski definition) is 1. The molecule has 2 nitrogen and oxygen atoms in total. The monoisotopic (exact) mass is 305 g/mol. The van der Waals surface area contributed by atoms with E-state index in [0.717, 1.165) is 27.6 Å². The lowest BCUT2D eigenvalue weighted by Gasteiger charge is -2.20. The van der Waals surface area contributed by atoms with Crippen molar-refractivity contribution in [1.29, 1.82) is 0 Å². The molecular formula is C17H20FNOS. The topological polar surface area (TPSA) is 21.3 Å². The summed E-state index contributed by atoms with van der Waals surface area (Å²) in [5, 5.41) is 3.41. The number of ether oxygens (including phenoxy) is 1. The van der Waals surface area contributed by atoms with E-state index in [9.17, 15) is 4.39 Å². The van der Waals surface area contributed by atoms with Gasteiger partial charge in [-0.15, -0.1) is 0 Å². The first-order valence-electron chi connectivity index (χ1n) is 6.99. The number of benzene rings is 2. The van der Waals surface area contributed by atoms with Crippen LogP contribution in [0.1, 0.15) is 25.5 Å². The fourth-order valence-corrected chi connectivity index (χ4v) is 3.39. The number of rotatable bonds is 6. The van der Waals surface area contributed by atoms with E-state index in [0.29, 0.717) is 0 Å². The minimum absolute atomic E-state index is 0.169. The van der Waals surface area contributed by atoms with E-state index in [2.05, 4.69) is 19.2 Å². The molecule has 1 N–H and O–H groups in total. The molecule has 2 rings (SSSR count). The summed E-state index contributed by atoms with van der Waals surface area (Å²) < 4.78 is 18.8. The molecule has 4 heteroatoms. The molecule has 0 bridgehead atoms. The van der Waals surface area contributed by atoms with Gasteiger partial charge in [-0.25, -0.2) is 4.39 Å². The Morgan fingerprint density at radius 3 is 2.67 bits per heavy atom. The van der Waals surface area contributed by atoms with Crippen LogP contribution in [0.25, 0.3) is 0 Å². The van der Waals surface area contributed by atoms with Crippen molar-refractivity contribution >= 4 is 11.8 Å². The molecule has 0 amide bonds. The molecular weight excluding hydrogens is 285 g/mol. The van der Waals surface area contributed by atoms with Crippen molar-refractivity contribution in [2.45, 2.75) is 29.7 Å². The summed E-state index contributed by atoms with van der Waals surface area (Å²) >= 11 is 1.55. The standard InChI is InChI=1S/C17H20FNOS/c1-4-19-12(2)17-15(20-3)9-6-10-16(17)21-14-8-5-7-13(18)11-14/h5-12,19H,4H2,1-3H3. The molecule has 2 aromatic carbocycles. The number of hydrogen-bond acceptors (Lipinski definition) is 3. The molecule has 0 radical (unpaired) electrons. The van der Waals surface area contributed by atoms with Gasteiger partial charge in [0.05, 0.1) is 7.11 Å². The summed E-state index contributed by atoms with van der Waals surface area (Å²) in [6.45, 7) is 5.06. The van der Waals surface area contributed by atoms with E-state index in [1.807, 2.05) is 24.3 Å². The molecule has 0 saturated carbocycles. The van der Waals surface area contributed by atoms with Crippen molar-refractivity contribution in [2.75, 3.05) is 13.7 Å². The Morgan fingerprint density at radius 1 is 1.24 bits per heavy atom. The zero-order chi connectivity index (χ0) is 15.2. The molecule has 0 aliphatic rings. The summed E-state index contributed by atoms with van der Waals surface area (Å²) in [5.74, 6) is 0.633. The van der Waals surface area contributed by atoms with Crippen LogP contribution in [0.5, 0.6) is 5.75 Å². The van der Waals surface area contributed by atoms with E-state index in [1.54, 1.807) is 31.0 Å². The van der Waals surface area contributed by atoms with E-state index in [-0.39, 0.29) is 11.9 Å². The third-order valence-electron chi connectivity index (χ3n) is 3.21. The molecule has 1 unspecified atom stereocenters. The van der Waals surface area contributed by atoms with Crippen LogP contribution in [-0.2, 0) is 0 Å². The highest BCUT2D eigenvalue weighted by molar-refractivity contribution is 7.99. The normalized spacial score (nSPS) is 12.2. The van der Waals surface area contributed by atoms with Gasteiger partial charge >= 0.3 is 0 Å². The minimum Gasteiger partial charge on any atom is -0.496 e. The van der Waals surface area contributed by atoms with Gasteiger partial charge in [0.15, 0.2) is 0 Å². The van der Waals surface area contributed by atoms with Crippen molar-refractivity contribution in [1.82, 2.24) is 5.32 Å². The van der Waals surface area contributed by atoms with E-state index < -0.39 is 0 Å². The van der Waals surface area contributed by atoms with Gasteiger partial charge in [0, 0.05) is 21.4 Å². The van der Waals surface area contributed by atoms with Crippen molar-refractivity contribution in [3.63, 3.8) is 0 Å². The van der Waals surface area contributed by atoms with Crippen LogP contribution in [-0.4, -0.2) is 13.7 Å². The van der Waals surface area contributed by atoms with Gasteiger partial charge in [0.2, 0.25) is 0 Å². The quantitative estimate of drug-likeness (QED) is 0.839. The lowest BCUT2D eigenvalue weighted by molar-refractivity contribution is 0.400. The Labute approximate surface area is 129 Å². The van der Waals surface area contributed by atoms with E-state index in [4.69, 9.17) is 4.74 Å². The van der Waals surface area contributed by atoms with Crippen LogP contribution in [0, 0.1) is 5.82 Å². The average Bonchev–Trinajstić information content (AvgIpc) is 2.47. The van der Waals surface area contributed by atoms with Crippen molar-refractivity contribution in [2.24, 2.45) is 0 Å². The largest absolute Gasteiger partial charge is 0.496 e. The highest BCUT2D eigenvalue weighted by atomic mass is 32.2. The Morgan fingerprint density at radius 2 is 2.00 bits per heavy atom. The first kappa shape index (κ1) is 15.9. The smallest absolute Gasteiger partial charge is 0.124 e. The maximum absolute atomic E-state index is 13.3. The van der Waals surface area contributed by atoms with Crippen molar-refractivity contribution < 1.29 is 9.13 Å². The average molecular weight is 305 g/mol. The number of nitrogens with one attached hydrogen (secondary N) is 1. The van der Waals surface area contributed by atoms with E-state index >= 15 is 0 Å². The molecule has 0 saturated heterocycles. The summed E-state index contributed by atoms with van der Waals surface area (Å²) in [4.78, 5) is 1.96. The molecule has 0 aromatic heterocycles. The number of halogens is 1. The molecule has 0 spiro atoms. The Hall–Kier alpha value is -1.52. The summed E-state index contributed by atoms with van der Waals surface area (Å²) in [5.41, 5.74) is 1.11. The Balaban J connectivity index is 2.38. The maximum atomic E-state index is 13.3. The maximum Gasteiger partial charge on any atom is 0.124 e. The van der Waals surface area contributed by atoms with Crippen LogP contribution < -0.4 is 10.1 Å². The number of methoxy groups -OCH3 is 1. The van der Waals surface area contributed by atoms with Gasteiger partial charge < -0.3 is 10.1 Å². The highest BCUT2D eigenvalue weighted by Crippen LogP contribution is 2.38. The van der Waals surface area contributed by atoms with Crippen LogP contribution in [0.3, 0.4) is 0 Å². The van der Waals surface area contributed by atoms with Crippen LogP contribution >= 0.6 is 11.8 Å². The minimum atomic E-state index is -0.218. The van der Waals surface area contributed by atoms with Gasteiger partial charge in [0.25, 0.3) is 0 Å². The molecule has 0 aliphatic carbocycles. The van der Waals surface area contributed by atoms with Crippen molar-refractivity contribution in [3.05, 3.63) is 53.8 Å². The van der Waals surface area contributed by atoms with E-state index in [1.165, 1.54) is 6.07 Å². The fraction of sp³-hybridized carbons (Fsp3) is 0.294. The second-order valence-corrected chi connectivity index (χ2v) is 5.83. The summed E-state index contributed by atoms with van der Waals surface area (Å²) in [6, 6.07) is 12.8. The zero-order valence-corrected chi connectivity index (χ0v) is 13.3. The van der Waals surface area contributed by atoms with Crippen LogP contribution in [0.4, 0.5) is 4.39 Å². The van der Waals surface area contributed by atoms with Crippen LogP contribution in [0.15, 0.2) is 52.3 Å². The van der Waals surface area contributed by atoms with Gasteiger partial charge in [-0.3, -0.25) is 0 Å².